The Balaban J connectivity index is 1.88. The summed E-state index contributed by atoms with van der Waals surface area (Å²) >= 11 is 0. The van der Waals surface area contributed by atoms with Crippen LogP contribution in [0.15, 0.2) is 35.6 Å². The molecule has 1 aromatic rings. The molecule has 4 nitrogen and oxygen atoms in total. The maximum Gasteiger partial charge on any atom is 0.261 e. The largest absolute Gasteiger partial charge is 0.512 e. The van der Waals surface area contributed by atoms with Crippen molar-refractivity contribution in [2.24, 2.45) is 0 Å². The SMILES string of the molecule is O=C1c2ccccc2C(=O)N1CC1=C(O)CCCC1. The maximum atomic E-state index is 12.2. The van der Waals surface area contributed by atoms with E-state index in [0.29, 0.717) is 23.3 Å². The van der Waals surface area contributed by atoms with Crippen LogP contribution in [0.3, 0.4) is 0 Å². The van der Waals surface area contributed by atoms with Crippen LogP contribution in [0.25, 0.3) is 0 Å². The third-order valence-electron chi connectivity index (χ3n) is 3.78. The molecule has 98 valence electrons. The smallest absolute Gasteiger partial charge is 0.261 e. The van der Waals surface area contributed by atoms with E-state index >= 15 is 0 Å². The van der Waals surface area contributed by atoms with Crippen LogP contribution in [-0.4, -0.2) is 28.4 Å². The van der Waals surface area contributed by atoms with E-state index in [2.05, 4.69) is 0 Å². The summed E-state index contributed by atoms with van der Waals surface area (Å²) in [5.41, 5.74) is 1.74. The molecule has 0 aromatic heterocycles. The van der Waals surface area contributed by atoms with E-state index in [9.17, 15) is 14.7 Å². The van der Waals surface area contributed by atoms with E-state index in [4.69, 9.17) is 0 Å². The number of carbonyl (C=O) groups is 2. The minimum absolute atomic E-state index is 0.220. The Kier molecular flexibility index (Phi) is 2.85. The highest BCUT2D eigenvalue weighted by Crippen LogP contribution is 2.28. The highest BCUT2D eigenvalue weighted by Gasteiger charge is 2.35. The van der Waals surface area contributed by atoms with Gasteiger partial charge in [-0.1, -0.05) is 12.1 Å². The summed E-state index contributed by atoms with van der Waals surface area (Å²) in [6.07, 6.45) is 3.39. The third kappa shape index (κ3) is 1.93. The van der Waals surface area contributed by atoms with Crippen LogP contribution < -0.4 is 0 Å². The van der Waals surface area contributed by atoms with E-state index in [-0.39, 0.29) is 18.4 Å². The summed E-state index contributed by atoms with van der Waals surface area (Å²) in [6.45, 7) is 0.220. The molecule has 1 aromatic carbocycles. The molecule has 0 bridgehead atoms. The standard InChI is InChI=1S/C15H15NO3/c17-13-8-4-1-5-10(13)9-16-14(18)11-6-2-3-7-12(11)15(16)19/h2-3,6-7,17H,1,4-5,8-9H2. The number of allylic oxidation sites excluding steroid dienone is 1. The Morgan fingerprint density at radius 1 is 1.00 bits per heavy atom. The van der Waals surface area contributed by atoms with Gasteiger partial charge in [0, 0.05) is 6.42 Å². The number of hydrogen-bond acceptors (Lipinski definition) is 3. The second-order valence-electron chi connectivity index (χ2n) is 5.00. The average molecular weight is 257 g/mol. The summed E-state index contributed by atoms with van der Waals surface area (Å²) in [4.78, 5) is 25.6. The lowest BCUT2D eigenvalue weighted by molar-refractivity contribution is 0.0665. The van der Waals surface area contributed by atoms with E-state index < -0.39 is 0 Å². The van der Waals surface area contributed by atoms with Gasteiger partial charge in [0.2, 0.25) is 0 Å². The van der Waals surface area contributed by atoms with Gasteiger partial charge in [0.15, 0.2) is 0 Å². The molecular formula is C15H15NO3. The first-order valence-corrected chi connectivity index (χ1v) is 6.53. The number of benzene rings is 1. The summed E-state index contributed by atoms with van der Waals surface area (Å²) in [5, 5.41) is 9.85. The Labute approximate surface area is 111 Å². The quantitative estimate of drug-likeness (QED) is 0.829. The lowest BCUT2D eigenvalue weighted by Crippen LogP contribution is -2.32. The first-order valence-electron chi connectivity index (χ1n) is 6.53. The normalized spacial score (nSPS) is 19.1. The molecular weight excluding hydrogens is 242 g/mol. The zero-order chi connectivity index (χ0) is 13.4. The van der Waals surface area contributed by atoms with Crippen LogP contribution in [0, 0.1) is 0 Å². The van der Waals surface area contributed by atoms with Crippen molar-refractivity contribution in [1.82, 2.24) is 4.90 Å². The number of fused-ring (bicyclic) bond motifs is 1. The summed E-state index contributed by atoms with van der Waals surface area (Å²) in [5.74, 6) is -0.166. The van der Waals surface area contributed by atoms with Crippen molar-refractivity contribution < 1.29 is 14.7 Å². The molecule has 4 heteroatoms. The second kappa shape index (κ2) is 4.53. The average Bonchev–Trinajstić information content (AvgIpc) is 2.67. The summed E-state index contributed by atoms with van der Waals surface area (Å²) < 4.78 is 0. The van der Waals surface area contributed by atoms with Crippen molar-refractivity contribution in [2.45, 2.75) is 25.7 Å². The van der Waals surface area contributed by atoms with Crippen LogP contribution >= 0.6 is 0 Å². The van der Waals surface area contributed by atoms with E-state index in [1.807, 2.05) is 0 Å². The zero-order valence-electron chi connectivity index (χ0n) is 10.6. The third-order valence-corrected chi connectivity index (χ3v) is 3.78. The lowest BCUT2D eigenvalue weighted by atomic mass is 9.97. The fourth-order valence-electron chi connectivity index (χ4n) is 2.70. The molecule has 1 heterocycles. The molecule has 1 aliphatic carbocycles. The van der Waals surface area contributed by atoms with Gasteiger partial charge in [-0.05, 0) is 37.0 Å². The number of nitrogens with zero attached hydrogens (tertiary/aromatic N) is 1. The molecule has 0 fully saturated rings. The maximum absolute atomic E-state index is 12.2. The van der Waals surface area contributed by atoms with Crippen LogP contribution in [-0.2, 0) is 0 Å². The number of imide groups is 1. The molecule has 0 spiro atoms. The first-order chi connectivity index (χ1) is 9.18. The Morgan fingerprint density at radius 3 is 2.16 bits per heavy atom. The predicted octanol–water partition coefficient (Wildman–Crippen LogP) is 2.67. The van der Waals surface area contributed by atoms with E-state index in [1.54, 1.807) is 24.3 Å². The molecule has 19 heavy (non-hydrogen) atoms. The topological polar surface area (TPSA) is 57.6 Å². The molecule has 0 saturated heterocycles. The number of amides is 2. The number of hydrogen-bond donors (Lipinski definition) is 1. The molecule has 1 aliphatic heterocycles. The second-order valence-corrected chi connectivity index (χ2v) is 5.00. The van der Waals surface area contributed by atoms with Crippen LogP contribution in [0.5, 0.6) is 0 Å². The Bertz CT molecular complexity index is 554. The number of carbonyl (C=O) groups excluding carboxylic acids is 2. The van der Waals surface area contributed by atoms with Crippen molar-refractivity contribution in [3.63, 3.8) is 0 Å². The van der Waals surface area contributed by atoms with Crippen LogP contribution in [0.2, 0.25) is 0 Å². The van der Waals surface area contributed by atoms with Crippen molar-refractivity contribution in [2.75, 3.05) is 6.54 Å². The number of rotatable bonds is 2. The highest BCUT2D eigenvalue weighted by atomic mass is 16.3. The predicted molar refractivity (Wildman–Crippen MR) is 69.9 cm³/mol. The first kappa shape index (κ1) is 12.0. The van der Waals surface area contributed by atoms with Gasteiger partial charge in [-0.15, -0.1) is 0 Å². The zero-order valence-corrected chi connectivity index (χ0v) is 10.6. The molecule has 0 atom stereocenters. The molecule has 2 amide bonds. The van der Waals surface area contributed by atoms with Crippen molar-refractivity contribution >= 4 is 11.8 Å². The van der Waals surface area contributed by atoms with Gasteiger partial charge in [0.25, 0.3) is 11.8 Å². The molecule has 0 radical (unpaired) electrons. The Hall–Kier alpha value is -2.10. The number of aliphatic hydroxyl groups excluding tert-OH is 1. The van der Waals surface area contributed by atoms with Gasteiger partial charge in [0.05, 0.1) is 23.4 Å². The molecule has 2 aliphatic rings. The van der Waals surface area contributed by atoms with Gasteiger partial charge < -0.3 is 5.11 Å². The van der Waals surface area contributed by atoms with Crippen LogP contribution in [0.4, 0.5) is 0 Å². The monoisotopic (exact) mass is 257 g/mol. The van der Waals surface area contributed by atoms with Gasteiger partial charge in [-0.2, -0.15) is 0 Å². The minimum Gasteiger partial charge on any atom is -0.512 e. The minimum atomic E-state index is -0.258. The molecule has 0 unspecified atom stereocenters. The van der Waals surface area contributed by atoms with Crippen molar-refractivity contribution in [3.8, 4) is 0 Å². The van der Waals surface area contributed by atoms with Gasteiger partial charge in [-0.25, -0.2) is 0 Å². The van der Waals surface area contributed by atoms with E-state index in [0.717, 1.165) is 24.8 Å². The fourth-order valence-corrected chi connectivity index (χ4v) is 2.70. The molecule has 3 rings (SSSR count). The summed E-state index contributed by atoms with van der Waals surface area (Å²) in [7, 11) is 0. The lowest BCUT2D eigenvalue weighted by Gasteiger charge is -2.20. The summed E-state index contributed by atoms with van der Waals surface area (Å²) in [6, 6.07) is 6.85. The Morgan fingerprint density at radius 2 is 1.58 bits per heavy atom. The van der Waals surface area contributed by atoms with Gasteiger partial charge >= 0.3 is 0 Å². The molecule has 1 N–H and O–H groups in total. The fraction of sp³-hybridized carbons (Fsp3) is 0.333. The van der Waals surface area contributed by atoms with Crippen molar-refractivity contribution in [1.29, 1.82) is 0 Å². The van der Waals surface area contributed by atoms with Crippen LogP contribution in [0.1, 0.15) is 46.4 Å². The number of aliphatic hydroxyl groups is 1. The molecule has 0 saturated carbocycles. The highest BCUT2D eigenvalue weighted by molar-refractivity contribution is 6.21. The van der Waals surface area contributed by atoms with Gasteiger partial charge in [0.1, 0.15) is 0 Å². The van der Waals surface area contributed by atoms with Gasteiger partial charge in [-0.3, -0.25) is 14.5 Å². The van der Waals surface area contributed by atoms with Crippen molar-refractivity contribution in [3.05, 3.63) is 46.7 Å². The van der Waals surface area contributed by atoms with E-state index in [1.165, 1.54) is 4.90 Å².